The minimum Gasteiger partial charge on any atom is -0.311 e. The average Bonchev–Trinajstić information content (AvgIpc) is 2.34. The second kappa shape index (κ2) is 8.26. The SMILES string of the molecule is CCCCCCCCN1CC(C(C)(C)C)NCC1C. The maximum atomic E-state index is 3.72. The summed E-state index contributed by atoms with van der Waals surface area (Å²) in [5, 5.41) is 3.72. The van der Waals surface area contributed by atoms with E-state index in [0.29, 0.717) is 17.5 Å². The van der Waals surface area contributed by atoms with Crippen LogP contribution in [0.5, 0.6) is 0 Å². The first-order valence-electron chi connectivity index (χ1n) is 8.42. The van der Waals surface area contributed by atoms with Gasteiger partial charge in [-0.15, -0.1) is 0 Å². The Morgan fingerprint density at radius 2 is 1.68 bits per heavy atom. The Morgan fingerprint density at radius 1 is 1.05 bits per heavy atom. The van der Waals surface area contributed by atoms with Crippen molar-refractivity contribution in [2.75, 3.05) is 19.6 Å². The number of hydrogen-bond acceptors (Lipinski definition) is 2. The Hall–Kier alpha value is -0.0800. The van der Waals surface area contributed by atoms with Crippen molar-refractivity contribution in [3.63, 3.8) is 0 Å². The Balaban J connectivity index is 2.23. The molecule has 0 aromatic rings. The number of unbranched alkanes of at least 4 members (excludes halogenated alkanes) is 5. The van der Waals surface area contributed by atoms with E-state index in [1.165, 1.54) is 51.6 Å². The van der Waals surface area contributed by atoms with Gasteiger partial charge in [0.2, 0.25) is 0 Å². The van der Waals surface area contributed by atoms with Gasteiger partial charge in [-0.1, -0.05) is 59.8 Å². The van der Waals surface area contributed by atoms with Crippen molar-refractivity contribution in [3.8, 4) is 0 Å². The molecule has 2 unspecified atom stereocenters. The third kappa shape index (κ3) is 6.27. The fourth-order valence-corrected chi connectivity index (χ4v) is 2.91. The Bertz CT molecular complexity index is 232. The van der Waals surface area contributed by atoms with E-state index in [0.717, 1.165) is 6.54 Å². The van der Waals surface area contributed by atoms with Crippen LogP contribution in [0.25, 0.3) is 0 Å². The lowest BCUT2D eigenvalue weighted by Gasteiger charge is -2.44. The van der Waals surface area contributed by atoms with Gasteiger partial charge in [-0.2, -0.15) is 0 Å². The predicted molar refractivity (Wildman–Crippen MR) is 85.7 cm³/mol. The van der Waals surface area contributed by atoms with Crippen LogP contribution in [0.4, 0.5) is 0 Å². The standard InChI is InChI=1S/C17H36N2/c1-6-7-8-9-10-11-12-19-14-16(17(3,4)5)18-13-15(19)2/h15-16,18H,6-14H2,1-5H3. The first kappa shape index (κ1) is 17.0. The van der Waals surface area contributed by atoms with Crippen LogP contribution in [-0.4, -0.2) is 36.6 Å². The lowest BCUT2D eigenvalue weighted by atomic mass is 9.84. The molecular formula is C17H36N2. The van der Waals surface area contributed by atoms with Crippen LogP contribution in [0.1, 0.15) is 73.1 Å². The molecule has 2 nitrogen and oxygen atoms in total. The third-order valence-electron chi connectivity index (χ3n) is 4.54. The highest BCUT2D eigenvalue weighted by Crippen LogP contribution is 2.23. The first-order valence-corrected chi connectivity index (χ1v) is 8.42. The molecule has 0 radical (unpaired) electrons. The highest BCUT2D eigenvalue weighted by atomic mass is 15.2. The van der Waals surface area contributed by atoms with Crippen LogP contribution in [0.3, 0.4) is 0 Å². The first-order chi connectivity index (χ1) is 8.95. The van der Waals surface area contributed by atoms with Gasteiger partial charge in [0.15, 0.2) is 0 Å². The molecule has 114 valence electrons. The van der Waals surface area contributed by atoms with Gasteiger partial charge in [0, 0.05) is 25.2 Å². The van der Waals surface area contributed by atoms with Gasteiger partial charge in [-0.3, -0.25) is 4.90 Å². The second-order valence-electron chi connectivity index (χ2n) is 7.44. The Kier molecular flexibility index (Phi) is 7.38. The Labute approximate surface area is 121 Å². The van der Waals surface area contributed by atoms with E-state index in [4.69, 9.17) is 0 Å². The molecule has 2 heteroatoms. The maximum Gasteiger partial charge on any atom is 0.0244 e. The van der Waals surface area contributed by atoms with Gasteiger partial charge in [0.25, 0.3) is 0 Å². The summed E-state index contributed by atoms with van der Waals surface area (Å²) in [6.07, 6.45) is 8.41. The molecule has 0 spiro atoms. The van der Waals surface area contributed by atoms with Crippen LogP contribution in [0.15, 0.2) is 0 Å². The van der Waals surface area contributed by atoms with E-state index in [1.807, 2.05) is 0 Å². The zero-order valence-corrected chi connectivity index (χ0v) is 14.0. The van der Waals surface area contributed by atoms with E-state index < -0.39 is 0 Å². The van der Waals surface area contributed by atoms with Crippen LogP contribution >= 0.6 is 0 Å². The summed E-state index contributed by atoms with van der Waals surface area (Å²) in [5.41, 5.74) is 0.375. The highest BCUT2D eigenvalue weighted by Gasteiger charge is 2.31. The molecule has 19 heavy (non-hydrogen) atoms. The molecule has 2 atom stereocenters. The van der Waals surface area contributed by atoms with Crippen molar-refractivity contribution in [1.29, 1.82) is 0 Å². The molecule has 1 N–H and O–H groups in total. The topological polar surface area (TPSA) is 15.3 Å². The van der Waals surface area contributed by atoms with Gasteiger partial charge in [-0.25, -0.2) is 0 Å². The van der Waals surface area contributed by atoms with Gasteiger partial charge >= 0.3 is 0 Å². The zero-order chi connectivity index (χ0) is 14.3. The summed E-state index contributed by atoms with van der Waals surface area (Å²) < 4.78 is 0. The van der Waals surface area contributed by atoms with Crippen LogP contribution in [0, 0.1) is 5.41 Å². The van der Waals surface area contributed by atoms with Crippen molar-refractivity contribution in [1.82, 2.24) is 10.2 Å². The van der Waals surface area contributed by atoms with Gasteiger partial charge in [0.1, 0.15) is 0 Å². The molecule has 1 aliphatic rings. The molecule has 0 bridgehead atoms. The molecule has 0 aromatic heterocycles. The number of piperazine rings is 1. The fourth-order valence-electron chi connectivity index (χ4n) is 2.91. The summed E-state index contributed by atoms with van der Waals surface area (Å²) in [7, 11) is 0. The molecular weight excluding hydrogens is 232 g/mol. The van der Waals surface area contributed by atoms with Gasteiger partial charge in [-0.05, 0) is 25.3 Å². The van der Waals surface area contributed by atoms with Crippen molar-refractivity contribution in [2.24, 2.45) is 5.41 Å². The van der Waals surface area contributed by atoms with E-state index >= 15 is 0 Å². The van der Waals surface area contributed by atoms with Gasteiger partial charge in [0.05, 0.1) is 0 Å². The number of hydrogen-bond donors (Lipinski definition) is 1. The lowest BCUT2D eigenvalue weighted by Crippen LogP contribution is -2.59. The third-order valence-corrected chi connectivity index (χ3v) is 4.54. The quantitative estimate of drug-likeness (QED) is 0.701. The summed E-state index contributed by atoms with van der Waals surface area (Å²) in [6, 6.07) is 1.35. The highest BCUT2D eigenvalue weighted by molar-refractivity contribution is 4.90. The van der Waals surface area contributed by atoms with E-state index in [1.54, 1.807) is 0 Å². The fraction of sp³-hybridized carbons (Fsp3) is 1.00. The molecule has 1 saturated heterocycles. The predicted octanol–water partition coefficient (Wildman–Crippen LogP) is 4.06. The second-order valence-corrected chi connectivity index (χ2v) is 7.44. The van der Waals surface area contributed by atoms with Crippen molar-refractivity contribution in [3.05, 3.63) is 0 Å². The molecule has 1 aliphatic heterocycles. The van der Waals surface area contributed by atoms with Crippen LogP contribution < -0.4 is 5.32 Å². The number of nitrogens with zero attached hydrogens (tertiary/aromatic N) is 1. The monoisotopic (exact) mass is 268 g/mol. The molecule has 0 saturated carbocycles. The summed E-state index contributed by atoms with van der Waals surface area (Å²) >= 11 is 0. The lowest BCUT2D eigenvalue weighted by molar-refractivity contribution is 0.0921. The van der Waals surface area contributed by atoms with Crippen LogP contribution in [-0.2, 0) is 0 Å². The zero-order valence-electron chi connectivity index (χ0n) is 14.0. The molecule has 0 amide bonds. The Morgan fingerprint density at radius 3 is 2.32 bits per heavy atom. The van der Waals surface area contributed by atoms with E-state index in [2.05, 4.69) is 44.8 Å². The molecule has 1 fully saturated rings. The molecule has 1 rings (SSSR count). The smallest absolute Gasteiger partial charge is 0.0244 e. The summed E-state index contributed by atoms with van der Waals surface area (Å²) in [5.74, 6) is 0. The molecule has 1 heterocycles. The average molecular weight is 268 g/mol. The minimum absolute atomic E-state index is 0.375. The summed E-state index contributed by atoms with van der Waals surface area (Å²) in [6.45, 7) is 15.4. The van der Waals surface area contributed by atoms with Crippen LogP contribution in [0.2, 0.25) is 0 Å². The van der Waals surface area contributed by atoms with Gasteiger partial charge < -0.3 is 5.32 Å². The number of nitrogens with one attached hydrogen (secondary N) is 1. The largest absolute Gasteiger partial charge is 0.311 e. The summed E-state index contributed by atoms with van der Waals surface area (Å²) in [4.78, 5) is 2.70. The van der Waals surface area contributed by atoms with Crippen molar-refractivity contribution >= 4 is 0 Å². The van der Waals surface area contributed by atoms with Crippen molar-refractivity contribution in [2.45, 2.75) is 85.2 Å². The van der Waals surface area contributed by atoms with Crippen molar-refractivity contribution < 1.29 is 0 Å². The number of rotatable bonds is 7. The normalized spacial score (nSPS) is 25.7. The van der Waals surface area contributed by atoms with E-state index in [9.17, 15) is 0 Å². The van der Waals surface area contributed by atoms with E-state index in [-0.39, 0.29) is 0 Å². The molecule has 0 aromatic carbocycles. The molecule has 0 aliphatic carbocycles. The minimum atomic E-state index is 0.375. The maximum absolute atomic E-state index is 3.72.